The first-order valence-electron chi connectivity index (χ1n) is 4.79. The van der Waals surface area contributed by atoms with Crippen LogP contribution >= 0.6 is 0 Å². The van der Waals surface area contributed by atoms with Crippen LogP contribution in [0, 0.1) is 24.4 Å². The first-order valence-corrected chi connectivity index (χ1v) is 4.79. The first-order chi connectivity index (χ1) is 7.58. The zero-order valence-electron chi connectivity index (χ0n) is 8.60. The number of halogens is 3. The van der Waals surface area contributed by atoms with Gasteiger partial charge in [-0.3, -0.25) is 0 Å². The summed E-state index contributed by atoms with van der Waals surface area (Å²) >= 11 is 0. The van der Waals surface area contributed by atoms with Gasteiger partial charge in [-0.15, -0.1) is 0 Å². The highest BCUT2D eigenvalue weighted by Gasteiger charge is 2.07. The Bertz CT molecular complexity index is 533. The van der Waals surface area contributed by atoms with Gasteiger partial charge in [-0.2, -0.15) is 0 Å². The summed E-state index contributed by atoms with van der Waals surface area (Å²) in [6.45, 7) is 1.63. The van der Waals surface area contributed by atoms with Crippen LogP contribution < -0.4 is 0 Å². The molecule has 3 heteroatoms. The minimum atomic E-state index is -0.691. The molecular formula is C13H9F3. The second-order valence-electron chi connectivity index (χ2n) is 3.59. The molecule has 0 aliphatic carbocycles. The fourth-order valence-corrected chi connectivity index (χ4v) is 1.48. The Hall–Kier alpha value is -1.77. The number of hydrogen-bond acceptors (Lipinski definition) is 0. The van der Waals surface area contributed by atoms with Gasteiger partial charge in [0, 0.05) is 11.6 Å². The molecule has 0 saturated carbocycles. The number of hydrogen-bond donors (Lipinski definition) is 0. The molecule has 0 nitrogen and oxygen atoms in total. The molecule has 16 heavy (non-hydrogen) atoms. The molecule has 0 radical (unpaired) electrons. The van der Waals surface area contributed by atoms with Gasteiger partial charge in [-0.25, -0.2) is 13.2 Å². The fraction of sp³-hybridized carbons (Fsp3) is 0.0769. The molecule has 82 valence electrons. The summed E-state index contributed by atoms with van der Waals surface area (Å²) in [4.78, 5) is 0. The lowest BCUT2D eigenvalue weighted by molar-refractivity contribution is 0.585. The van der Waals surface area contributed by atoms with Crippen LogP contribution in [0.5, 0.6) is 0 Å². The molecule has 0 amide bonds. The standard InChI is InChI=1S/C13H9F3/c1-8-2-3-9(6-12(8)15)11-5-4-10(14)7-13(11)16/h2-7H,1H3. The quantitative estimate of drug-likeness (QED) is 0.682. The van der Waals surface area contributed by atoms with Gasteiger partial charge in [0.05, 0.1) is 0 Å². The summed E-state index contributed by atoms with van der Waals surface area (Å²) in [6, 6.07) is 7.64. The smallest absolute Gasteiger partial charge is 0.133 e. The molecule has 0 unspecified atom stereocenters. The first kappa shape index (κ1) is 10.7. The molecule has 2 rings (SSSR count). The van der Waals surface area contributed by atoms with E-state index in [9.17, 15) is 13.2 Å². The van der Waals surface area contributed by atoms with Crippen molar-refractivity contribution in [2.24, 2.45) is 0 Å². The van der Waals surface area contributed by atoms with Gasteiger partial charge in [0.25, 0.3) is 0 Å². The van der Waals surface area contributed by atoms with Crippen molar-refractivity contribution in [1.82, 2.24) is 0 Å². The number of benzene rings is 2. The molecular weight excluding hydrogens is 213 g/mol. The predicted octanol–water partition coefficient (Wildman–Crippen LogP) is 4.08. The zero-order chi connectivity index (χ0) is 11.7. The third-order valence-corrected chi connectivity index (χ3v) is 2.41. The Labute approximate surface area is 91.4 Å². The van der Waals surface area contributed by atoms with Crippen molar-refractivity contribution >= 4 is 0 Å². The van der Waals surface area contributed by atoms with Crippen molar-refractivity contribution in [3.05, 3.63) is 59.4 Å². The summed E-state index contributed by atoms with van der Waals surface area (Å²) in [6.07, 6.45) is 0. The Balaban J connectivity index is 2.54. The van der Waals surface area contributed by atoms with E-state index in [2.05, 4.69) is 0 Å². The van der Waals surface area contributed by atoms with Gasteiger partial charge < -0.3 is 0 Å². The normalized spacial score (nSPS) is 10.5. The summed E-state index contributed by atoms with van der Waals surface area (Å²) in [7, 11) is 0. The molecule has 2 aromatic carbocycles. The van der Waals surface area contributed by atoms with E-state index in [1.54, 1.807) is 19.1 Å². The minimum absolute atomic E-state index is 0.195. The zero-order valence-corrected chi connectivity index (χ0v) is 8.60. The van der Waals surface area contributed by atoms with E-state index in [-0.39, 0.29) is 5.56 Å². The topological polar surface area (TPSA) is 0 Å². The third kappa shape index (κ3) is 1.94. The highest BCUT2D eigenvalue weighted by molar-refractivity contribution is 5.64. The van der Waals surface area contributed by atoms with Crippen molar-refractivity contribution in [2.45, 2.75) is 6.92 Å². The van der Waals surface area contributed by atoms with Crippen molar-refractivity contribution in [1.29, 1.82) is 0 Å². The minimum Gasteiger partial charge on any atom is -0.207 e. The van der Waals surface area contributed by atoms with Crippen LogP contribution in [0.1, 0.15) is 5.56 Å². The van der Waals surface area contributed by atoms with Crippen molar-refractivity contribution in [2.75, 3.05) is 0 Å². The summed E-state index contributed by atoms with van der Waals surface area (Å²) in [5, 5.41) is 0. The average Bonchev–Trinajstić information content (AvgIpc) is 2.22. The highest BCUT2D eigenvalue weighted by atomic mass is 19.1. The lowest BCUT2D eigenvalue weighted by Gasteiger charge is -2.05. The Morgan fingerprint density at radius 1 is 0.812 bits per heavy atom. The lowest BCUT2D eigenvalue weighted by atomic mass is 10.0. The molecule has 0 aliphatic rings. The Kier molecular flexibility index (Phi) is 2.69. The SMILES string of the molecule is Cc1ccc(-c2ccc(F)cc2F)cc1F. The summed E-state index contributed by atoms with van der Waals surface area (Å²) in [5.74, 6) is -1.74. The van der Waals surface area contributed by atoms with Crippen LogP contribution in [0.15, 0.2) is 36.4 Å². The van der Waals surface area contributed by atoms with Crippen LogP contribution in [0.2, 0.25) is 0 Å². The maximum atomic E-state index is 13.4. The molecule has 0 aromatic heterocycles. The van der Waals surface area contributed by atoms with Crippen molar-refractivity contribution < 1.29 is 13.2 Å². The van der Waals surface area contributed by atoms with Crippen LogP contribution in [-0.2, 0) is 0 Å². The summed E-state index contributed by atoms with van der Waals surface area (Å²) < 4.78 is 39.4. The van der Waals surface area contributed by atoms with Gasteiger partial charge in [0.15, 0.2) is 0 Å². The van der Waals surface area contributed by atoms with Crippen molar-refractivity contribution in [3.8, 4) is 11.1 Å². The van der Waals surface area contributed by atoms with E-state index in [1.807, 2.05) is 0 Å². The molecule has 0 aliphatic heterocycles. The second-order valence-corrected chi connectivity index (χ2v) is 3.59. The van der Waals surface area contributed by atoms with E-state index in [1.165, 1.54) is 12.1 Å². The van der Waals surface area contributed by atoms with Crippen LogP contribution in [-0.4, -0.2) is 0 Å². The monoisotopic (exact) mass is 222 g/mol. The van der Waals surface area contributed by atoms with E-state index in [0.717, 1.165) is 12.1 Å². The maximum absolute atomic E-state index is 13.4. The van der Waals surface area contributed by atoms with Gasteiger partial charge in [-0.1, -0.05) is 12.1 Å². The fourth-order valence-electron chi connectivity index (χ4n) is 1.48. The van der Waals surface area contributed by atoms with E-state index in [4.69, 9.17) is 0 Å². The second kappa shape index (κ2) is 4.00. The molecule has 0 saturated heterocycles. The van der Waals surface area contributed by atoms with Crippen LogP contribution in [0.4, 0.5) is 13.2 Å². The predicted molar refractivity (Wildman–Crippen MR) is 56.5 cm³/mol. The van der Waals surface area contributed by atoms with Crippen LogP contribution in [0.3, 0.4) is 0 Å². The molecule has 0 fully saturated rings. The molecule has 0 N–H and O–H groups in total. The lowest BCUT2D eigenvalue weighted by Crippen LogP contribution is -1.88. The molecule has 0 heterocycles. The summed E-state index contributed by atoms with van der Waals surface area (Å²) in [5.41, 5.74) is 1.09. The number of aryl methyl sites for hydroxylation is 1. The largest absolute Gasteiger partial charge is 0.207 e. The van der Waals surface area contributed by atoms with Crippen molar-refractivity contribution in [3.63, 3.8) is 0 Å². The molecule has 2 aromatic rings. The maximum Gasteiger partial charge on any atom is 0.133 e. The van der Waals surface area contributed by atoms with Gasteiger partial charge in [0.1, 0.15) is 17.5 Å². The Morgan fingerprint density at radius 2 is 1.56 bits per heavy atom. The highest BCUT2D eigenvalue weighted by Crippen LogP contribution is 2.24. The van der Waals surface area contributed by atoms with Gasteiger partial charge in [-0.05, 0) is 36.2 Å². The van der Waals surface area contributed by atoms with E-state index >= 15 is 0 Å². The molecule has 0 atom stereocenters. The van der Waals surface area contributed by atoms with E-state index in [0.29, 0.717) is 11.1 Å². The van der Waals surface area contributed by atoms with E-state index < -0.39 is 17.5 Å². The Morgan fingerprint density at radius 3 is 2.19 bits per heavy atom. The molecule has 0 bridgehead atoms. The third-order valence-electron chi connectivity index (χ3n) is 2.41. The van der Waals surface area contributed by atoms with Gasteiger partial charge >= 0.3 is 0 Å². The van der Waals surface area contributed by atoms with Crippen LogP contribution in [0.25, 0.3) is 11.1 Å². The van der Waals surface area contributed by atoms with Gasteiger partial charge in [0.2, 0.25) is 0 Å². The average molecular weight is 222 g/mol. The molecule has 0 spiro atoms. The number of rotatable bonds is 1.